The van der Waals surface area contributed by atoms with Gasteiger partial charge in [-0.1, -0.05) is 24.3 Å². The molecule has 41 heavy (non-hydrogen) atoms. The number of allylic oxidation sites excluding steroid dienone is 4. The topological polar surface area (TPSA) is 121 Å². The number of carbonyl (C=O) groups excluding carboxylic acids is 2. The molecule has 1 aliphatic heterocycles. The van der Waals surface area contributed by atoms with Gasteiger partial charge in [0, 0.05) is 42.9 Å². The van der Waals surface area contributed by atoms with Crippen LogP contribution in [0.25, 0.3) is 22.3 Å². The number of amides is 2. The van der Waals surface area contributed by atoms with Crippen molar-refractivity contribution in [3.05, 3.63) is 95.9 Å². The van der Waals surface area contributed by atoms with Gasteiger partial charge in [-0.3, -0.25) is 24.2 Å². The number of carbonyl (C=O) groups is 2. The quantitative estimate of drug-likeness (QED) is 0.296. The molecule has 10 nitrogen and oxygen atoms in total. The predicted octanol–water partition coefficient (Wildman–Crippen LogP) is 4.39. The minimum absolute atomic E-state index is 0.122. The Kier molecular flexibility index (Phi) is 7.16. The number of H-pyrrole nitrogens is 1. The van der Waals surface area contributed by atoms with Crippen LogP contribution in [-0.4, -0.2) is 61.1 Å². The van der Waals surface area contributed by atoms with Crippen molar-refractivity contribution in [3.8, 4) is 11.3 Å². The Hall–Kier alpha value is -5.05. The van der Waals surface area contributed by atoms with E-state index in [1.54, 1.807) is 36.1 Å². The second-order valence-corrected chi connectivity index (χ2v) is 10.3. The van der Waals surface area contributed by atoms with E-state index in [1.165, 1.54) is 11.8 Å². The average Bonchev–Trinajstić information content (AvgIpc) is 3.65. The Balaban J connectivity index is 1.09. The number of aromatic nitrogens is 5. The number of anilines is 2. The second kappa shape index (κ2) is 11.2. The summed E-state index contributed by atoms with van der Waals surface area (Å²) in [7, 11) is 1.86. The first-order valence-electron chi connectivity index (χ1n) is 13.5. The summed E-state index contributed by atoms with van der Waals surface area (Å²) in [5.41, 5.74) is 9.09. The van der Waals surface area contributed by atoms with E-state index in [1.807, 2.05) is 43.6 Å². The molecule has 3 N–H and O–H groups in total. The van der Waals surface area contributed by atoms with E-state index in [-0.39, 0.29) is 18.4 Å². The molecule has 0 spiro atoms. The zero-order chi connectivity index (χ0) is 28.3. The van der Waals surface area contributed by atoms with Crippen molar-refractivity contribution in [2.45, 2.75) is 13.3 Å². The number of fused-ring (bicyclic) bond motifs is 1. The molecule has 0 aromatic carbocycles. The summed E-state index contributed by atoms with van der Waals surface area (Å²) in [6.07, 6.45) is 17.8. The SMILES string of the molecule is Cc1ncc(NC(=O)CN2CCC(C3=C=CC=CC=C3)C2)cc1NC(=O)c1cnc2[nH]c(-c3cnn(C)c3)cc2c1. The fourth-order valence-electron chi connectivity index (χ4n) is 5.14. The Morgan fingerprint density at radius 3 is 2.85 bits per heavy atom. The first-order chi connectivity index (χ1) is 19.9. The molecule has 6 rings (SSSR count). The lowest BCUT2D eigenvalue weighted by Gasteiger charge is -2.16. The lowest BCUT2D eigenvalue weighted by molar-refractivity contribution is -0.117. The second-order valence-electron chi connectivity index (χ2n) is 10.3. The maximum atomic E-state index is 13.1. The predicted molar refractivity (Wildman–Crippen MR) is 158 cm³/mol. The highest BCUT2D eigenvalue weighted by Crippen LogP contribution is 2.26. The van der Waals surface area contributed by atoms with Gasteiger partial charge in [0.15, 0.2) is 0 Å². The fraction of sp³-hybridized carbons (Fsp3) is 0.226. The number of pyridine rings is 2. The zero-order valence-corrected chi connectivity index (χ0v) is 22.9. The van der Waals surface area contributed by atoms with Crippen LogP contribution in [-0.2, 0) is 11.8 Å². The van der Waals surface area contributed by atoms with Crippen molar-refractivity contribution in [3.63, 3.8) is 0 Å². The molecule has 4 aromatic heterocycles. The van der Waals surface area contributed by atoms with Crippen molar-refractivity contribution in [1.82, 2.24) is 29.6 Å². The Labute approximate surface area is 237 Å². The van der Waals surface area contributed by atoms with Gasteiger partial charge >= 0.3 is 0 Å². The van der Waals surface area contributed by atoms with Gasteiger partial charge in [0.25, 0.3) is 5.91 Å². The highest BCUT2D eigenvalue weighted by atomic mass is 16.2. The molecular weight excluding hydrogens is 516 g/mol. The van der Waals surface area contributed by atoms with E-state index in [2.05, 4.69) is 47.4 Å². The fourth-order valence-corrected chi connectivity index (χ4v) is 5.14. The molecule has 0 saturated carbocycles. The van der Waals surface area contributed by atoms with Gasteiger partial charge in [-0.05, 0) is 49.7 Å². The summed E-state index contributed by atoms with van der Waals surface area (Å²) >= 11 is 0. The van der Waals surface area contributed by atoms with Crippen LogP contribution < -0.4 is 10.6 Å². The van der Waals surface area contributed by atoms with Crippen LogP contribution in [0.4, 0.5) is 11.4 Å². The van der Waals surface area contributed by atoms with E-state index < -0.39 is 0 Å². The van der Waals surface area contributed by atoms with Crippen LogP contribution in [0.2, 0.25) is 0 Å². The number of hydrogen-bond acceptors (Lipinski definition) is 6. The summed E-state index contributed by atoms with van der Waals surface area (Å²) in [5.74, 6) is -0.0752. The Bertz CT molecular complexity index is 1770. The van der Waals surface area contributed by atoms with Crippen LogP contribution in [0.5, 0.6) is 0 Å². The van der Waals surface area contributed by atoms with Gasteiger partial charge in [0.05, 0.1) is 47.3 Å². The van der Waals surface area contributed by atoms with Crippen molar-refractivity contribution in [2.75, 3.05) is 30.3 Å². The molecule has 4 aromatic rings. The maximum Gasteiger partial charge on any atom is 0.257 e. The molecule has 10 heteroatoms. The minimum atomic E-state index is -0.314. The number of likely N-dealkylation sites (tertiary alicyclic amines) is 1. The van der Waals surface area contributed by atoms with E-state index in [0.717, 1.165) is 36.2 Å². The normalized spacial score (nSPS) is 16.6. The van der Waals surface area contributed by atoms with Crippen molar-refractivity contribution >= 4 is 34.2 Å². The average molecular weight is 547 g/mol. The number of aromatic amines is 1. The molecule has 1 atom stereocenters. The molecule has 206 valence electrons. The van der Waals surface area contributed by atoms with Gasteiger partial charge < -0.3 is 15.6 Å². The van der Waals surface area contributed by atoms with Gasteiger partial charge in [0.2, 0.25) is 5.91 Å². The maximum absolute atomic E-state index is 13.1. The van der Waals surface area contributed by atoms with E-state index in [0.29, 0.717) is 34.2 Å². The molecular formula is C31H30N8O2. The van der Waals surface area contributed by atoms with Crippen molar-refractivity contribution in [2.24, 2.45) is 13.0 Å². The van der Waals surface area contributed by atoms with Crippen LogP contribution in [0, 0.1) is 12.8 Å². The largest absolute Gasteiger partial charge is 0.339 e. The molecule has 1 aliphatic carbocycles. The smallest absolute Gasteiger partial charge is 0.257 e. The van der Waals surface area contributed by atoms with Crippen LogP contribution in [0.15, 0.2) is 84.7 Å². The molecule has 0 bridgehead atoms. The summed E-state index contributed by atoms with van der Waals surface area (Å²) in [6, 6.07) is 5.46. The van der Waals surface area contributed by atoms with Gasteiger partial charge in [-0.2, -0.15) is 5.10 Å². The summed E-state index contributed by atoms with van der Waals surface area (Å²) in [6.45, 7) is 3.75. The summed E-state index contributed by atoms with van der Waals surface area (Å²) < 4.78 is 1.73. The number of rotatable bonds is 7. The van der Waals surface area contributed by atoms with E-state index in [4.69, 9.17) is 0 Å². The third kappa shape index (κ3) is 5.94. The summed E-state index contributed by atoms with van der Waals surface area (Å²) in [4.78, 5) is 40.2. The van der Waals surface area contributed by atoms with Crippen molar-refractivity contribution in [1.29, 1.82) is 0 Å². The zero-order valence-electron chi connectivity index (χ0n) is 22.9. The monoisotopic (exact) mass is 546 g/mol. The Morgan fingerprint density at radius 2 is 2.00 bits per heavy atom. The first-order valence-corrected chi connectivity index (χ1v) is 13.5. The van der Waals surface area contributed by atoms with E-state index >= 15 is 0 Å². The van der Waals surface area contributed by atoms with Crippen molar-refractivity contribution < 1.29 is 9.59 Å². The minimum Gasteiger partial charge on any atom is -0.339 e. The number of hydrogen-bond donors (Lipinski definition) is 3. The number of nitrogens with zero attached hydrogens (tertiary/aromatic N) is 5. The third-order valence-corrected chi connectivity index (χ3v) is 7.29. The molecule has 0 radical (unpaired) electrons. The van der Waals surface area contributed by atoms with Gasteiger partial charge in [-0.15, -0.1) is 5.73 Å². The highest BCUT2D eigenvalue weighted by Gasteiger charge is 2.26. The number of nitrogens with one attached hydrogen (secondary N) is 3. The lowest BCUT2D eigenvalue weighted by atomic mass is 9.99. The molecule has 1 unspecified atom stereocenters. The summed E-state index contributed by atoms with van der Waals surface area (Å²) in [5, 5.41) is 10.9. The standard InChI is InChI=1S/C31H30N8O2/c1-20-27(37-31(41)24-11-23-12-28(36-30(23)33-14-24)25-15-34-38(2)17-25)13-26(16-32-20)35-29(40)19-39-10-9-22(18-39)21-7-5-3-4-6-8-21/h3-7,11-17,22H,9-10,18-19H2,1-2H3,(H,33,36)(H,35,40)(H,37,41). The third-order valence-electron chi connectivity index (χ3n) is 7.29. The molecule has 2 aliphatic rings. The Morgan fingerprint density at radius 1 is 1.10 bits per heavy atom. The van der Waals surface area contributed by atoms with Gasteiger partial charge in [-0.25, -0.2) is 4.98 Å². The molecule has 5 heterocycles. The van der Waals surface area contributed by atoms with Crippen LogP contribution in [0.1, 0.15) is 22.5 Å². The molecule has 1 fully saturated rings. The molecule has 1 saturated heterocycles. The lowest BCUT2D eigenvalue weighted by Crippen LogP contribution is -2.31. The van der Waals surface area contributed by atoms with Gasteiger partial charge in [0.1, 0.15) is 5.65 Å². The first kappa shape index (κ1) is 26.2. The molecule has 2 amide bonds. The van der Waals surface area contributed by atoms with Crippen LogP contribution >= 0.6 is 0 Å². The van der Waals surface area contributed by atoms with E-state index in [9.17, 15) is 9.59 Å². The van der Waals surface area contributed by atoms with Crippen LogP contribution in [0.3, 0.4) is 0 Å². The number of aryl methyl sites for hydroxylation is 2. The highest BCUT2D eigenvalue weighted by molar-refractivity contribution is 6.06.